The van der Waals surface area contributed by atoms with E-state index in [9.17, 15) is 0 Å². The van der Waals surface area contributed by atoms with Crippen LogP contribution in [0.2, 0.25) is 0 Å². The highest BCUT2D eigenvalue weighted by molar-refractivity contribution is 5.87. The van der Waals surface area contributed by atoms with Gasteiger partial charge in [0.05, 0.1) is 18.8 Å². The van der Waals surface area contributed by atoms with Crippen LogP contribution in [0.25, 0.3) is 33.9 Å². The van der Waals surface area contributed by atoms with Crippen molar-refractivity contribution in [2.75, 3.05) is 13.7 Å². The molecule has 0 aliphatic carbocycles. The second-order valence-corrected chi connectivity index (χ2v) is 5.36. The number of fused-ring (bicyclic) bond motifs is 1. The lowest BCUT2D eigenvalue weighted by atomic mass is 10.2. The van der Waals surface area contributed by atoms with E-state index < -0.39 is 0 Å². The van der Waals surface area contributed by atoms with Gasteiger partial charge in [-0.05, 0) is 12.1 Å². The lowest BCUT2D eigenvalue weighted by Gasteiger charge is -2.00. The molecule has 0 amide bonds. The van der Waals surface area contributed by atoms with Crippen LogP contribution in [0, 0.1) is 6.92 Å². The van der Waals surface area contributed by atoms with E-state index in [1.54, 1.807) is 37.3 Å². The second kappa shape index (κ2) is 6.36. The van der Waals surface area contributed by atoms with E-state index in [1.165, 1.54) is 0 Å². The molecule has 0 atom stereocenters. The first kappa shape index (κ1) is 15.3. The van der Waals surface area contributed by atoms with Crippen LogP contribution in [-0.2, 0) is 11.3 Å². The summed E-state index contributed by atoms with van der Waals surface area (Å²) in [5, 5.41) is 8.57. The van der Waals surface area contributed by atoms with Gasteiger partial charge in [-0.25, -0.2) is 14.6 Å². The average Bonchev–Trinajstić information content (AvgIpc) is 3.24. The van der Waals surface area contributed by atoms with Gasteiger partial charge in [0.1, 0.15) is 11.2 Å². The molecule has 0 aromatic carbocycles. The van der Waals surface area contributed by atoms with Crippen LogP contribution in [0.5, 0.6) is 0 Å². The maximum absolute atomic E-state index is 5.14. The lowest BCUT2D eigenvalue weighted by molar-refractivity contribution is 0.184. The molecule has 0 N–H and O–H groups in total. The first-order chi connectivity index (χ1) is 12.3. The van der Waals surface area contributed by atoms with Crippen LogP contribution >= 0.6 is 0 Å². The molecular formula is C16H15N7O2. The molecule has 126 valence electrons. The standard InChI is InChI=1S/C16H15N7O2/c1-10-20-15(22-25-10)11-3-4-17-12(9-11)13-14-16(19-6-5-18-14)23(21-13)7-8-24-2/h3-6,9H,7-8H2,1-2H3. The highest BCUT2D eigenvalue weighted by Gasteiger charge is 2.17. The Bertz CT molecular complexity index is 1020. The third kappa shape index (κ3) is 2.85. The van der Waals surface area contributed by atoms with Gasteiger partial charge in [-0.3, -0.25) is 4.98 Å². The lowest BCUT2D eigenvalue weighted by Crippen LogP contribution is -2.06. The molecule has 4 aromatic rings. The summed E-state index contributed by atoms with van der Waals surface area (Å²) in [7, 11) is 1.65. The van der Waals surface area contributed by atoms with Gasteiger partial charge in [0.15, 0.2) is 5.65 Å². The van der Waals surface area contributed by atoms with Crippen molar-refractivity contribution in [3.8, 4) is 22.8 Å². The van der Waals surface area contributed by atoms with Crippen molar-refractivity contribution < 1.29 is 9.26 Å². The Hall–Kier alpha value is -3.20. The van der Waals surface area contributed by atoms with Gasteiger partial charge >= 0.3 is 0 Å². The van der Waals surface area contributed by atoms with Gasteiger partial charge in [0, 0.05) is 38.2 Å². The molecule has 4 rings (SSSR count). The Balaban J connectivity index is 1.82. The quantitative estimate of drug-likeness (QED) is 0.544. The Morgan fingerprint density at radius 2 is 2.04 bits per heavy atom. The second-order valence-electron chi connectivity index (χ2n) is 5.36. The van der Waals surface area contributed by atoms with E-state index in [1.807, 2.05) is 12.1 Å². The van der Waals surface area contributed by atoms with Crippen LogP contribution in [-0.4, -0.2) is 48.6 Å². The summed E-state index contributed by atoms with van der Waals surface area (Å²) in [6.45, 7) is 2.86. The number of methoxy groups -OCH3 is 1. The normalized spacial score (nSPS) is 11.3. The largest absolute Gasteiger partial charge is 0.383 e. The van der Waals surface area contributed by atoms with Crippen LogP contribution in [0.3, 0.4) is 0 Å². The summed E-state index contributed by atoms with van der Waals surface area (Å²) in [6.07, 6.45) is 4.97. The van der Waals surface area contributed by atoms with Gasteiger partial charge in [-0.1, -0.05) is 5.16 Å². The Kier molecular flexibility index (Phi) is 3.90. The number of hydrogen-bond donors (Lipinski definition) is 0. The maximum atomic E-state index is 5.14. The highest BCUT2D eigenvalue weighted by Crippen LogP contribution is 2.26. The number of ether oxygens (including phenoxy) is 1. The van der Waals surface area contributed by atoms with E-state index in [0.717, 1.165) is 5.56 Å². The molecule has 0 spiro atoms. The van der Waals surface area contributed by atoms with E-state index >= 15 is 0 Å². The summed E-state index contributed by atoms with van der Waals surface area (Å²) in [5.41, 5.74) is 3.50. The SMILES string of the molecule is COCCn1nc(-c2cc(-c3noc(C)n3)ccn2)c2nccnc21. The maximum Gasteiger partial charge on any atom is 0.223 e. The van der Waals surface area contributed by atoms with E-state index in [4.69, 9.17) is 9.26 Å². The fraction of sp³-hybridized carbons (Fsp3) is 0.250. The highest BCUT2D eigenvalue weighted by atomic mass is 16.5. The third-order valence-corrected chi connectivity index (χ3v) is 3.66. The van der Waals surface area contributed by atoms with Crippen LogP contribution < -0.4 is 0 Å². The third-order valence-electron chi connectivity index (χ3n) is 3.66. The van der Waals surface area contributed by atoms with Crippen molar-refractivity contribution in [3.05, 3.63) is 36.6 Å². The number of hydrogen-bond acceptors (Lipinski definition) is 8. The molecule has 0 saturated carbocycles. The summed E-state index contributed by atoms with van der Waals surface area (Å²) in [6, 6.07) is 3.69. The Morgan fingerprint density at radius 1 is 1.16 bits per heavy atom. The van der Waals surface area contributed by atoms with Gasteiger partial charge in [-0.2, -0.15) is 10.1 Å². The zero-order valence-electron chi connectivity index (χ0n) is 13.7. The number of nitrogens with zero attached hydrogens (tertiary/aromatic N) is 7. The fourth-order valence-corrected chi connectivity index (χ4v) is 2.52. The Morgan fingerprint density at radius 3 is 2.84 bits per heavy atom. The molecule has 0 radical (unpaired) electrons. The zero-order valence-corrected chi connectivity index (χ0v) is 13.7. The smallest absolute Gasteiger partial charge is 0.223 e. The topological polar surface area (TPSA) is 105 Å². The van der Waals surface area contributed by atoms with Crippen LogP contribution in [0.4, 0.5) is 0 Å². The molecule has 0 fully saturated rings. The number of aryl methyl sites for hydroxylation is 1. The summed E-state index contributed by atoms with van der Waals surface area (Å²) < 4.78 is 12.0. The van der Waals surface area contributed by atoms with Gasteiger partial charge in [0.2, 0.25) is 11.7 Å². The number of pyridine rings is 1. The predicted molar refractivity (Wildman–Crippen MR) is 88.5 cm³/mol. The summed E-state index contributed by atoms with van der Waals surface area (Å²) in [4.78, 5) is 17.5. The van der Waals surface area contributed by atoms with Crippen LogP contribution in [0.15, 0.2) is 35.2 Å². The molecule has 0 aliphatic heterocycles. The minimum Gasteiger partial charge on any atom is -0.383 e. The minimum atomic E-state index is 0.508. The van der Waals surface area contributed by atoms with Crippen molar-refractivity contribution in [1.29, 1.82) is 0 Å². The molecule has 0 unspecified atom stereocenters. The summed E-state index contributed by atoms with van der Waals surface area (Å²) in [5.74, 6) is 1.02. The van der Waals surface area contributed by atoms with E-state index in [2.05, 4.69) is 30.2 Å². The Labute approximate surface area is 142 Å². The fourth-order valence-electron chi connectivity index (χ4n) is 2.52. The minimum absolute atomic E-state index is 0.508. The monoisotopic (exact) mass is 337 g/mol. The molecule has 9 heteroatoms. The van der Waals surface area contributed by atoms with Gasteiger partial charge in [-0.15, -0.1) is 0 Å². The molecule has 4 aromatic heterocycles. The zero-order chi connectivity index (χ0) is 17.2. The molecular weight excluding hydrogens is 322 g/mol. The van der Waals surface area contributed by atoms with E-state index in [-0.39, 0.29) is 0 Å². The molecule has 0 bridgehead atoms. The first-order valence-corrected chi connectivity index (χ1v) is 7.70. The van der Waals surface area contributed by atoms with E-state index in [0.29, 0.717) is 47.4 Å². The molecule has 4 heterocycles. The molecule has 0 saturated heterocycles. The summed E-state index contributed by atoms with van der Waals surface area (Å²) >= 11 is 0. The first-order valence-electron chi connectivity index (χ1n) is 7.70. The molecule has 25 heavy (non-hydrogen) atoms. The average molecular weight is 337 g/mol. The van der Waals surface area contributed by atoms with Crippen molar-refractivity contribution >= 4 is 11.2 Å². The van der Waals surface area contributed by atoms with Crippen molar-refractivity contribution in [3.63, 3.8) is 0 Å². The van der Waals surface area contributed by atoms with Crippen LogP contribution in [0.1, 0.15) is 5.89 Å². The van der Waals surface area contributed by atoms with Gasteiger partial charge in [0.25, 0.3) is 0 Å². The van der Waals surface area contributed by atoms with Crippen molar-refractivity contribution in [2.45, 2.75) is 13.5 Å². The van der Waals surface area contributed by atoms with Gasteiger partial charge < -0.3 is 9.26 Å². The van der Waals surface area contributed by atoms with Crippen molar-refractivity contribution in [1.82, 2.24) is 34.9 Å². The molecule has 0 aliphatic rings. The predicted octanol–water partition coefficient (Wildman–Crippen LogP) is 1.89. The number of rotatable bonds is 5. The number of aromatic nitrogens is 7. The molecule has 9 nitrogen and oxygen atoms in total. The van der Waals surface area contributed by atoms with Crippen molar-refractivity contribution in [2.24, 2.45) is 0 Å².